The van der Waals surface area contributed by atoms with Gasteiger partial charge >= 0.3 is 0 Å². The number of alkyl halides is 1. The van der Waals surface area contributed by atoms with Crippen LogP contribution in [0.25, 0.3) is 11.0 Å². The van der Waals surface area contributed by atoms with Gasteiger partial charge in [-0.1, -0.05) is 18.5 Å². The third-order valence-corrected chi connectivity index (χ3v) is 4.73. The number of aromatic nitrogens is 2. The molecule has 0 spiro atoms. The fourth-order valence-corrected chi connectivity index (χ4v) is 3.31. The number of nitrogens with zero attached hydrogens (tertiary/aromatic N) is 2. The van der Waals surface area contributed by atoms with Crippen molar-refractivity contribution in [2.45, 2.75) is 26.3 Å². The lowest BCUT2D eigenvalue weighted by Crippen LogP contribution is -2.12. The highest BCUT2D eigenvalue weighted by Gasteiger charge is 2.17. The molecule has 1 aromatic heterocycles. The van der Waals surface area contributed by atoms with Crippen molar-refractivity contribution < 1.29 is 4.39 Å². The van der Waals surface area contributed by atoms with E-state index in [1.165, 1.54) is 6.07 Å². The second-order valence-electron chi connectivity index (χ2n) is 4.60. The second kappa shape index (κ2) is 7.01. The van der Waals surface area contributed by atoms with Gasteiger partial charge < -0.3 is 4.57 Å². The molecule has 0 aliphatic carbocycles. The van der Waals surface area contributed by atoms with Gasteiger partial charge in [-0.3, -0.25) is 0 Å². The number of benzene rings is 1. The Morgan fingerprint density at radius 2 is 2.20 bits per heavy atom. The molecule has 2 rings (SSSR count). The Bertz CT molecular complexity index is 600. The molecule has 1 unspecified atom stereocenters. The van der Waals surface area contributed by atoms with E-state index >= 15 is 0 Å². The van der Waals surface area contributed by atoms with Gasteiger partial charge in [0.15, 0.2) is 0 Å². The summed E-state index contributed by atoms with van der Waals surface area (Å²) in [7, 11) is 0. The van der Waals surface area contributed by atoms with Crippen LogP contribution in [0.15, 0.2) is 12.1 Å². The lowest BCUT2D eigenvalue weighted by molar-refractivity contribution is 0.593. The predicted molar refractivity (Wildman–Crippen MR) is 86.8 cm³/mol. The van der Waals surface area contributed by atoms with E-state index in [0.29, 0.717) is 12.3 Å². The van der Waals surface area contributed by atoms with Gasteiger partial charge in [0.05, 0.1) is 16.1 Å². The fourth-order valence-electron chi connectivity index (χ4n) is 2.26. The highest BCUT2D eigenvalue weighted by molar-refractivity contribution is 7.99. The third-order valence-electron chi connectivity index (χ3n) is 3.13. The summed E-state index contributed by atoms with van der Waals surface area (Å²) in [6.45, 7) is 4.25. The Kier molecular flexibility index (Phi) is 5.58. The molecule has 2 aromatic rings. The number of hydrogen-bond donors (Lipinski definition) is 0. The van der Waals surface area contributed by atoms with Crippen molar-refractivity contribution in [2.75, 3.05) is 17.4 Å². The van der Waals surface area contributed by atoms with E-state index in [9.17, 15) is 4.39 Å². The molecule has 1 atom stereocenters. The van der Waals surface area contributed by atoms with E-state index < -0.39 is 5.82 Å². The first kappa shape index (κ1) is 15.9. The minimum absolute atomic E-state index is 0.107. The quantitative estimate of drug-likeness (QED) is 0.697. The minimum Gasteiger partial charge on any atom is -0.324 e. The van der Waals surface area contributed by atoms with Crippen molar-refractivity contribution in [3.63, 3.8) is 0 Å². The largest absolute Gasteiger partial charge is 0.324 e. The van der Waals surface area contributed by atoms with E-state index in [-0.39, 0.29) is 11.1 Å². The Balaban J connectivity index is 2.52. The van der Waals surface area contributed by atoms with Crippen molar-refractivity contribution in [1.82, 2.24) is 9.55 Å². The molecular weight excluding hydrogens is 318 g/mol. The molecule has 0 saturated carbocycles. The van der Waals surface area contributed by atoms with E-state index in [1.54, 1.807) is 6.07 Å². The predicted octanol–water partition coefficient (Wildman–Crippen LogP) is 4.92. The molecule has 0 saturated heterocycles. The maximum absolute atomic E-state index is 13.7. The fraction of sp³-hybridized carbons (Fsp3) is 0.500. The highest BCUT2D eigenvalue weighted by atomic mass is 35.5. The van der Waals surface area contributed by atoms with Crippen LogP contribution in [0.3, 0.4) is 0 Å². The number of fused-ring (bicyclic) bond motifs is 1. The zero-order chi connectivity index (χ0) is 14.7. The first-order valence-corrected chi connectivity index (χ1v) is 8.64. The molecule has 2 nitrogen and oxygen atoms in total. The minimum atomic E-state index is -0.409. The highest BCUT2D eigenvalue weighted by Crippen LogP contribution is 2.28. The van der Waals surface area contributed by atoms with E-state index in [0.717, 1.165) is 28.4 Å². The van der Waals surface area contributed by atoms with Crippen molar-refractivity contribution >= 4 is 46.0 Å². The van der Waals surface area contributed by atoms with Gasteiger partial charge in [-0.05, 0) is 18.7 Å². The molecule has 0 radical (unpaired) electrons. The molecule has 1 aromatic carbocycles. The Morgan fingerprint density at radius 1 is 1.45 bits per heavy atom. The summed E-state index contributed by atoms with van der Waals surface area (Å²) in [5.41, 5.74) is 1.51. The topological polar surface area (TPSA) is 17.8 Å². The number of rotatable bonds is 6. The van der Waals surface area contributed by atoms with Gasteiger partial charge in [0, 0.05) is 30.2 Å². The molecule has 0 bridgehead atoms. The number of thioether (sulfide) groups is 1. The number of imidazole rings is 1. The van der Waals surface area contributed by atoms with Crippen LogP contribution in [-0.2, 0) is 6.42 Å². The molecule has 20 heavy (non-hydrogen) atoms. The maximum atomic E-state index is 13.7. The van der Waals surface area contributed by atoms with Crippen LogP contribution in [0.2, 0.25) is 5.02 Å². The number of aryl methyl sites for hydroxylation is 1. The average Bonchev–Trinajstić information content (AvgIpc) is 2.74. The summed E-state index contributed by atoms with van der Waals surface area (Å²) in [6, 6.07) is 3.29. The monoisotopic (exact) mass is 334 g/mol. The molecule has 6 heteroatoms. The SMILES string of the molecule is CCSCC(C)n1c(CCCl)nc2cc(Cl)c(F)cc21. The average molecular weight is 335 g/mol. The lowest BCUT2D eigenvalue weighted by Gasteiger charge is -2.17. The molecule has 0 N–H and O–H groups in total. The Morgan fingerprint density at radius 3 is 2.85 bits per heavy atom. The lowest BCUT2D eigenvalue weighted by atomic mass is 10.2. The van der Waals surface area contributed by atoms with Crippen molar-refractivity contribution in [3.8, 4) is 0 Å². The number of hydrogen-bond acceptors (Lipinski definition) is 2. The summed E-state index contributed by atoms with van der Waals surface area (Å²) >= 11 is 13.5. The van der Waals surface area contributed by atoms with Gasteiger partial charge in [0.2, 0.25) is 0 Å². The van der Waals surface area contributed by atoms with Crippen molar-refractivity contribution in [1.29, 1.82) is 0 Å². The smallest absolute Gasteiger partial charge is 0.144 e. The summed E-state index contributed by atoms with van der Waals surface area (Å²) in [5.74, 6) is 2.99. The molecule has 1 heterocycles. The zero-order valence-electron chi connectivity index (χ0n) is 11.5. The molecule has 0 aliphatic heterocycles. The van der Waals surface area contributed by atoms with Crippen molar-refractivity contribution in [2.24, 2.45) is 0 Å². The normalized spacial score (nSPS) is 13.1. The third kappa shape index (κ3) is 3.23. The van der Waals surface area contributed by atoms with Crippen LogP contribution >= 0.6 is 35.0 Å². The molecule has 0 amide bonds. The second-order valence-corrected chi connectivity index (χ2v) is 6.70. The van der Waals surface area contributed by atoms with E-state index in [4.69, 9.17) is 23.2 Å². The summed E-state index contributed by atoms with van der Waals surface area (Å²) < 4.78 is 15.8. The molecule has 0 fully saturated rings. The van der Waals surface area contributed by atoms with Gasteiger partial charge in [-0.15, -0.1) is 11.6 Å². The summed E-state index contributed by atoms with van der Waals surface area (Å²) in [6.07, 6.45) is 0.663. The van der Waals surface area contributed by atoms with Gasteiger partial charge in [-0.25, -0.2) is 9.37 Å². The summed E-state index contributed by atoms with van der Waals surface area (Å²) in [4.78, 5) is 4.55. The van der Waals surface area contributed by atoms with Gasteiger partial charge in [0.1, 0.15) is 11.6 Å². The van der Waals surface area contributed by atoms with Gasteiger partial charge in [0.25, 0.3) is 0 Å². The van der Waals surface area contributed by atoms with E-state index in [2.05, 4.69) is 23.4 Å². The van der Waals surface area contributed by atoms with Gasteiger partial charge in [-0.2, -0.15) is 11.8 Å². The maximum Gasteiger partial charge on any atom is 0.144 e. The molecular formula is C14H17Cl2FN2S. The molecule has 0 aliphatic rings. The van der Waals surface area contributed by atoms with Crippen LogP contribution in [-0.4, -0.2) is 26.9 Å². The van der Waals surface area contributed by atoms with Crippen LogP contribution in [0.5, 0.6) is 0 Å². The first-order valence-electron chi connectivity index (χ1n) is 6.58. The van der Waals surface area contributed by atoms with E-state index in [1.807, 2.05) is 11.8 Å². The van der Waals surface area contributed by atoms with Crippen LogP contribution in [0.1, 0.15) is 25.7 Å². The Hall–Kier alpha value is -0.450. The van der Waals surface area contributed by atoms with Crippen LogP contribution in [0.4, 0.5) is 4.39 Å². The Labute approximate surface area is 132 Å². The summed E-state index contributed by atoms with van der Waals surface area (Å²) in [5, 5.41) is 0.107. The molecule has 110 valence electrons. The first-order chi connectivity index (χ1) is 9.58. The van der Waals surface area contributed by atoms with Crippen molar-refractivity contribution in [3.05, 3.63) is 28.8 Å². The standard InChI is InChI=1S/C14H17Cl2FN2S/c1-3-20-8-9(2)19-13-7-11(17)10(16)6-12(13)18-14(19)4-5-15/h6-7,9H,3-5,8H2,1-2H3. The van der Waals surface area contributed by atoms with Crippen LogP contribution < -0.4 is 0 Å². The van der Waals surface area contributed by atoms with Crippen LogP contribution in [0, 0.1) is 5.82 Å². The zero-order valence-corrected chi connectivity index (χ0v) is 13.8. The number of halogens is 3.